The molecular formula is C19H20N2O2. The van der Waals surface area contributed by atoms with Crippen molar-refractivity contribution in [3.63, 3.8) is 0 Å². The number of nitriles is 1. The highest BCUT2D eigenvalue weighted by atomic mass is 16.5. The van der Waals surface area contributed by atoms with Gasteiger partial charge in [-0.25, -0.2) is 0 Å². The first-order chi connectivity index (χ1) is 11.0. The molecule has 0 spiro atoms. The van der Waals surface area contributed by atoms with Crippen molar-refractivity contribution in [2.75, 3.05) is 12.4 Å². The van der Waals surface area contributed by atoms with E-state index in [-0.39, 0.29) is 5.91 Å². The second-order valence-electron chi connectivity index (χ2n) is 5.56. The Morgan fingerprint density at radius 1 is 1.22 bits per heavy atom. The molecule has 0 aromatic heterocycles. The first-order valence-electron chi connectivity index (χ1n) is 7.44. The lowest BCUT2D eigenvalue weighted by Crippen LogP contribution is -2.23. The Labute approximate surface area is 136 Å². The fraction of sp³-hybridized carbons (Fsp3) is 0.263. The summed E-state index contributed by atoms with van der Waals surface area (Å²) in [5.41, 5.74) is 3.70. The van der Waals surface area contributed by atoms with Gasteiger partial charge in [0.2, 0.25) is 5.91 Å². The molecular weight excluding hydrogens is 288 g/mol. The maximum Gasteiger partial charge on any atom is 0.242 e. The molecule has 0 aliphatic rings. The van der Waals surface area contributed by atoms with Crippen molar-refractivity contribution in [2.45, 2.75) is 20.3 Å². The normalized spacial score (nSPS) is 11.4. The summed E-state index contributed by atoms with van der Waals surface area (Å²) in [6, 6.07) is 15.3. The third-order valence-electron chi connectivity index (χ3n) is 3.58. The first-order valence-corrected chi connectivity index (χ1v) is 7.44. The number of rotatable bonds is 5. The average molecular weight is 308 g/mol. The van der Waals surface area contributed by atoms with E-state index >= 15 is 0 Å². The van der Waals surface area contributed by atoms with Gasteiger partial charge in [-0.2, -0.15) is 5.26 Å². The number of nitrogens with one attached hydrogen (secondary N) is 1. The predicted molar refractivity (Wildman–Crippen MR) is 90.3 cm³/mol. The highest BCUT2D eigenvalue weighted by Gasteiger charge is 2.20. The van der Waals surface area contributed by atoms with Crippen molar-refractivity contribution in [1.29, 1.82) is 5.26 Å². The molecule has 0 saturated carbocycles. The lowest BCUT2D eigenvalue weighted by molar-refractivity contribution is -0.118. The lowest BCUT2D eigenvalue weighted by Gasteiger charge is -2.13. The van der Waals surface area contributed by atoms with Crippen LogP contribution in [0.1, 0.15) is 16.7 Å². The molecule has 4 heteroatoms. The topological polar surface area (TPSA) is 62.1 Å². The van der Waals surface area contributed by atoms with E-state index < -0.39 is 5.92 Å². The van der Waals surface area contributed by atoms with E-state index in [1.807, 2.05) is 56.3 Å². The van der Waals surface area contributed by atoms with Gasteiger partial charge in [-0.05, 0) is 48.7 Å². The summed E-state index contributed by atoms with van der Waals surface area (Å²) in [7, 11) is 1.58. The maximum absolute atomic E-state index is 12.4. The third kappa shape index (κ3) is 4.33. The van der Waals surface area contributed by atoms with Gasteiger partial charge in [0.05, 0.1) is 13.2 Å². The van der Waals surface area contributed by atoms with Crippen LogP contribution < -0.4 is 10.1 Å². The zero-order valence-corrected chi connectivity index (χ0v) is 13.6. The van der Waals surface area contributed by atoms with Crippen LogP contribution in [0, 0.1) is 31.1 Å². The Morgan fingerprint density at radius 3 is 2.48 bits per heavy atom. The number of methoxy groups -OCH3 is 1. The molecule has 0 saturated heterocycles. The van der Waals surface area contributed by atoms with Crippen LogP contribution in [0.2, 0.25) is 0 Å². The van der Waals surface area contributed by atoms with E-state index in [4.69, 9.17) is 4.74 Å². The standard InChI is InChI=1S/C19H20N2O2/c1-13-8-14(2)10-17(9-13)21-19(22)16(12-20)11-15-6-4-5-7-18(15)23-3/h4-10,16H,11H2,1-3H3,(H,21,22)/t16-/m1/s1. The summed E-state index contributed by atoms with van der Waals surface area (Å²) < 4.78 is 5.28. The van der Waals surface area contributed by atoms with Crippen LogP contribution in [0.25, 0.3) is 0 Å². The monoisotopic (exact) mass is 308 g/mol. The maximum atomic E-state index is 12.4. The van der Waals surface area contributed by atoms with Gasteiger partial charge >= 0.3 is 0 Å². The third-order valence-corrected chi connectivity index (χ3v) is 3.58. The molecule has 0 bridgehead atoms. The van der Waals surface area contributed by atoms with Gasteiger partial charge in [0.15, 0.2) is 0 Å². The lowest BCUT2D eigenvalue weighted by atomic mass is 9.99. The van der Waals surface area contributed by atoms with E-state index in [0.717, 1.165) is 16.7 Å². The van der Waals surface area contributed by atoms with Gasteiger partial charge in [-0.15, -0.1) is 0 Å². The number of anilines is 1. The summed E-state index contributed by atoms with van der Waals surface area (Å²) in [6.45, 7) is 3.94. The van der Waals surface area contributed by atoms with Crippen molar-refractivity contribution in [3.8, 4) is 11.8 Å². The number of hydrogen-bond donors (Lipinski definition) is 1. The molecule has 0 unspecified atom stereocenters. The number of ether oxygens (including phenoxy) is 1. The van der Waals surface area contributed by atoms with Crippen LogP contribution in [-0.4, -0.2) is 13.0 Å². The Kier molecular flexibility index (Phi) is 5.37. The molecule has 1 atom stereocenters. The zero-order chi connectivity index (χ0) is 16.8. The molecule has 1 amide bonds. The number of carbonyl (C=O) groups excluding carboxylic acids is 1. The molecule has 0 aliphatic heterocycles. The molecule has 2 rings (SSSR count). The van der Waals surface area contributed by atoms with Crippen LogP contribution in [-0.2, 0) is 11.2 Å². The largest absolute Gasteiger partial charge is 0.496 e. The van der Waals surface area contributed by atoms with Gasteiger partial charge in [0.25, 0.3) is 0 Å². The Bertz CT molecular complexity index is 727. The molecule has 0 radical (unpaired) electrons. The van der Waals surface area contributed by atoms with Crippen LogP contribution in [0.3, 0.4) is 0 Å². The van der Waals surface area contributed by atoms with Gasteiger partial charge in [0.1, 0.15) is 11.7 Å². The molecule has 0 aliphatic carbocycles. The van der Waals surface area contributed by atoms with E-state index in [9.17, 15) is 10.1 Å². The van der Waals surface area contributed by atoms with Crippen LogP contribution in [0.5, 0.6) is 5.75 Å². The summed E-state index contributed by atoms with van der Waals surface area (Å²) >= 11 is 0. The van der Waals surface area contributed by atoms with Gasteiger partial charge in [0, 0.05) is 12.1 Å². The SMILES string of the molecule is COc1ccccc1C[C@H](C#N)C(=O)Nc1cc(C)cc(C)c1. The van der Waals surface area contributed by atoms with Crippen LogP contribution >= 0.6 is 0 Å². The molecule has 4 nitrogen and oxygen atoms in total. The molecule has 118 valence electrons. The Hall–Kier alpha value is -2.80. The predicted octanol–water partition coefficient (Wildman–Crippen LogP) is 3.63. The summed E-state index contributed by atoms with van der Waals surface area (Å²) in [4.78, 5) is 12.4. The number of para-hydroxylation sites is 1. The first kappa shape index (κ1) is 16.6. The highest BCUT2D eigenvalue weighted by molar-refractivity contribution is 5.94. The van der Waals surface area contributed by atoms with E-state index in [0.29, 0.717) is 17.9 Å². The molecule has 2 aromatic carbocycles. The van der Waals surface area contributed by atoms with E-state index in [2.05, 4.69) is 11.4 Å². The van der Waals surface area contributed by atoms with Crippen molar-refractivity contribution >= 4 is 11.6 Å². The zero-order valence-electron chi connectivity index (χ0n) is 13.6. The second-order valence-corrected chi connectivity index (χ2v) is 5.56. The smallest absolute Gasteiger partial charge is 0.242 e. The summed E-state index contributed by atoms with van der Waals surface area (Å²) in [6.07, 6.45) is 0.317. The fourth-order valence-electron chi connectivity index (χ4n) is 2.56. The summed E-state index contributed by atoms with van der Waals surface area (Å²) in [5.74, 6) is -0.387. The number of amides is 1. The van der Waals surface area contributed by atoms with Crippen molar-refractivity contribution in [2.24, 2.45) is 5.92 Å². The number of aryl methyl sites for hydroxylation is 2. The minimum absolute atomic E-state index is 0.302. The minimum atomic E-state index is -0.771. The van der Waals surface area contributed by atoms with E-state index in [1.165, 1.54) is 0 Å². The van der Waals surface area contributed by atoms with Crippen molar-refractivity contribution in [3.05, 3.63) is 59.2 Å². The van der Waals surface area contributed by atoms with Gasteiger partial charge in [-0.1, -0.05) is 24.3 Å². The Balaban J connectivity index is 2.14. The number of benzene rings is 2. The molecule has 1 N–H and O–H groups in total. The molecule has 2 aromatic rings. The number of carbonyl (C=O) groups is 1. The van der Waals surface area contributed by atoms with Crippen molar-refractivity contribution < 1.29 is 9.53 Å². The minimum Gasteiger partial charge on any atom is -0.496 e. The van der Waals surface area contributed by atoms with E-state index in [1.54, 1.807) is 7.11 Å². The highest BCUT2D eigenvalue weighted by Crippen LogP contribution is 2.22. The number of hydrogen-bond acceptors (Lipinski definition) is 3. The summed E-state index contributed by atoms with van der Waals surface area (Å²) in [5, 5.41) is 12.2. The van der Waals surface area contributed by atoms with Gasteiger partial charge < -0.3 is 10.1 Å². The fourth-order valence-corrected chi connectivity index (χ4v) is 2.56. The molecule has 0 heterocycles. The van der Waals surface area contributed by atoms with Crippen LogP contribution in [0.4, 0.5) is 5.69 Å². The second kappa shape index (κ2) is 7.46. The van der Waals surface area contributed by atoms with Gasteiger partial charge in [-0.3, -0.25) is 4.79 Å². The van der Waals surface area contributed by atoms with Crippen molar-refractivity contribution in [1.82, 2.24) is 0 Å². The average Bonchev–Trinajstić information content (AvgIpc) is 2.51. The quantitative estimate of drug-likeness (QED) is 0.917. The molecule has 23 heavy (non-hydrogen) atoms. The van der Waals surface area contributed by atoms with Crippen LogP contribution in [0.15, 0.2) is 42.5 Å². The Morgan fingerprint density at radius 2 is 1.87 bits per heavy atom. The number of nitrogens with zero attached hydrogens (tertiary/aromatic N) is 1. The molecule has 0 fully saturated rings.